The van der Waals surface area contributed by atoms with Gasteiger partial charge in [0.15, 0.2) is 5.16 Å². The van der Waals surface area contributed by atoms with Crippen LogP contribution in [0.2, 0.25) is 0 Å². The molecule has 1 aromatic heterocycles. The molecule has 0 spiro atoms. The van der Waals surface area contributed by atoms with Crippen LogP contribution in [0.25, 0.3) is 10.9 Å². The van der Waals surface area contributed by atoms with Crippen LogP contribution in [-0.2, 0) is 17.0 Å². The highest BCUT2D eigenvalue weighted by atomic mass is 32.2. The van der Waals surface area contributed by atoms with E-state index in [2.05, 4.69) is 5.32 Å². The zero-order valence-corrected chi connectivity index (χ0v) is 20.5. The molecule has 0 radical (unpaired) electrons. The van der Waals surface area contributed by atoms with Gasteiger partial charge in [-0.25, -0.2) is 4.98 Å². The number of non-ortho nitro benzene ring substituents is 1. The number of carbonyl (C=O) groups excluding carboxylic acids is 1. The van der Waals surface area contributed by atoms with E-state index >= 15 is 0 Å². The van der Waals surface area contributed by atoms with Gasteiger partial charge in [0.25, 0.3) is 17.2 Å². The summed E-state index contributed by atoms with van der Waals surface area (Å²) in [6.07, 6.45) is 1.75. The molecule has 1 amide bonds. The molecule has 35 heavy (non-hydrogen) atoms. The van der Waals surface area contributed by atoms with Gasteiger partial charge in [-0.15, -0.1) is 0 Å². The van der Waals surface area contributed by atoms with Crippen molar-refractivity contribution in [3.63, 3.8) is 0 Å². The van der Waals surface area contributed by atoms with Crippen LogP contribution >= 0.6 is 11.8 Å². The van der Waals surface area contributed by atoms with E-state index in [1.165, 1.54) is 23.9 Å². The Balaban J connectivity index is 1.68. The van der Waals surface area contributed by atoms with E-state index in [1.54, 1.807) is 34.9 Å². The highest BCUT2D eigenvalue weighted by molar-refractivity contribution is 7.98. The first-order valence-electron chi connectivity index (χ1n) is 11.6. The predicted octanol–water partition coefficient (Wildman–Crippen LogP) is 4.16. The van der Waals surface area contributed by atoms with Gasteiger partial charge in [-0.3, -0.25) is 24.3 Å². The van der Waals surface area contributed by atoms with E-state index in [1.807, 2.05) is 13.8 Å². The predicted molar refractivity (Wildman–Crippen MR) is 135 cm³/mol. The fourth-order valence-electron chi connectivity index (χ4n) is 3.91. The Morgan fingerprint density at radius 2 is 2.14 bits per heavy atom. The number of nitro benzene ring substituents is 1. The van der Waals surface area contributed by atoms with Crippen LogP contribution in [0.3, 0.4) is 0 Å². The number of fused-ring (bicyclic) bond motifs is 1. The molecule has 1 N–H and O–H groups in total. The Labute approximate surface area is 207 Å². The maximum Gasteiger partial charge on any atom is 0.269 e. The number of hydrogen-bond donors (Lipinski definition) is 1. The fourth-order valence-corrected chi connectivity index (χ4v) is 4.86. The van der Waals surface area contributed by atoms with E-state index < -0.39 is 4.92 Å². The van der Waals surface area contributed by atoms with Crippen LogP contribution in [-0.4, -0.2) is 39.6 Å². The molecule has 4 rings (SSSR count). The second kappa shape index (κ2) is 11.0. The summed E-state index contributed by atoms with van der Waals surface area (Å²) in [5, 5.41) is 14.9. The van der Waals surface area contributed by atoms with Crippen molar-refractivity contribution in [2.75, 3.05) is 13.2 Å². The first-order chi connectivity index (χ1) is 16.8. The fraction of sp³-hybridized carbons (Fsp3) is 0.400. The molecular formula is C25H28N4O5S. The zero-order valence-electron chi connectivity index (χ0n) is 19.7. The second-order valence-electron chi connectivity index (χ2n) is 9.00. The number of amides is 1. The van der Waals surface area contributed by atoms with Crippen molar-refractivity contribution in [2.45, 2.75) is 50.2 Å². The third-order valence-electron chi connectivity index (χ3n) is 5.75. The number of hydrogen-bond acceptors (Lipinski definition) is 7. The smallest absolute Gasteiger partial charge is 0.269 e. The molecule has 0 unspecified atom stereocenters. The van der Waals surface area contributed by atoms with Gasteiger partial charge in [-0.05, 0) is 42.5 Å². The molecule has 1 atom stereocenters. The highest BCUT2D eigenvalue weighted by Gasteiger charge is 2.21. The number of nitrogens with one attached hydrogen (secondary N) is 1. The molecule has 1 fully saturated rings. The molecule has 0 saturated carbocycles. The minimum Gasteiger partial charge on any atom is -0.376 e. The van der Waals surface area contributed by atoms with E-state index in [9.17, 15) is 19.7 Å². The molecule has 1 aliphatic rings. The summed E-state index contributed by atoms with van der Waals surface area (Å²) in [6.45, 7) is 5.64. The summed E-state index contributed by atoms with van der Waals surface area (Å²) in [4.78, 5) is 41.5. The summed E-state index contributed by atoms with van der Waals surface area (Å²) in [7, 11) is 0. The maximum atomic E-state index is 13.5. The Morgan fingerprint density at radius 1 is 1.31 bits per heavy atom. The van der Waals surface area contributed by atoms with Crippen molar-refractivity contribution in [1.29, 1.82) is 0 Å². The van der Waals surface area contributed by atoms with Crippen molar-refractivity contribution in [3.8, 4) is 0 Å². The molecule has 1 saturated heterocycles. The molecule has 2 heterocycles. The molecule has 0 aliphatic carbocycles. The normalized spacial score (nSPS) is 15.6. The molecule has 2 aromatic carbocycles. The average molecular weight is 497 g/mol. The second-order valence-corrected chi connectivity index (χ2v) is 9.94. The average Bonchev–Trinajstić information content (AvgIpc) is 3.36. The largest absolute Gasteiger partial charge is 0.376 e. The number of ether oxygens (including phenoxy) is 1. The van der Waals surface area contributed by atoms with Crippen molar-refractivity contribution < 1.29 is 14.5 Å². The van der Waals surface area contributed by atoms with Crippen molar-refractivity contribution >= 4 is 34.3 Å². The Bertz CT molecular complexity index is 1300. The minimum absolute atomic E-state index is 0.0170. The summed E-state index contributed by atoms with van der Waals surface area (Å²) in [5.41, 5.74) is 1.46. The molecule has 3 aromatic rings. The standard InChI is InChI=1S/C25H28N4O5S/c1-16(2)13-26-23(30)18-8-9-21-22(12-18)27-25(28(24(21)31)14-20-7-4-10-34-20)35-15-17-5-3-6-19(11-17)29(32)33/h3,5-6,8-9,11-12,16,20H,4,7,10,13-15H2,1-2H3,(H,26,30)/t20-/m1/s1. The van der Waals surface area contributed by atoms with E-state index in [4.69, 9.17) is 9.72 Å². The Hall–Kier alpha value is -3.24. The van der Waals surface area contributed by atoms with Crippen molar-refractivity contribution in [2.24, 2.45) is 5.92 Å². The van der Waals surface area contributed by atoms with Gasteiger partial charge in [0.2, 0.25) is 0 Å². The SMILES string of the molecule is CC(C)CNC(=O)c1ccc2c(=O)n(C[C@H]3CCCO3)c(SCc3cccc([N+](=O)[O-])c3)nc2c1. The number of nitro groups is 1. The number of rotatable bonds is 9. The molecule has 9 nitrogen and oxygen atoms in total. The summed E-state index contributed by atoms with van der Waals surface area (Å²) in [6, 6.07) is 11.4. The van der Waals surface area contributed by atoms with Crippen molar-refractivity contribution in [1.82, 2.24) is 14.9 Å². The Kier molecular flexibility index (Phi) is 7.82. The lowest BCUT2D eigenvalue weighted by Gasteiger charge is -2.17. The third kappa shape index (κ3) is 6.07. The Morgan fingerprint density at radius 3 is 2.86 bits per heavy atom. The van der Waals surface area contributed by atoms with Gasteiger partial charge in [-0.1, -0.05) is 37.7 Å². The van der Waals surface area contributed by atoms with Crippen molar-refractivity contribution in [3.05, 3.63) is 74.1 Å². The van der Waals surface area contributed by atoms with E-state index in [0.717, 1.165) is 18.4 Å². The number of thioether (sulfide) groups is 1. The third-order valence-corrected chi connectivity index (χ3v) is 6.80. The van der Waals surface area contributed by atoms with Crippen LogP contribution in [0.1, 0.15) is 42.6 Å². The maximum absolute atomic E-state index is 13.5. The molecular weight excluding hydrogens is 468 g/mol. The number of carbonyl (C=O) groups is 1. The number of nitrogens with zero attached hydrogens (tertiary/aromatic N) is 3. The van der Waals surface area contributed by atoms with Gasteiger partial charge < -0.3 is 10.1 Å². The number of aromatic nitrogens is 2. The van der Waals surface area contributed by atoms with Crippen LogP contribution in [0.4, 0.5) is 5.69 Å². The van der Waals surface area contributed by atoms with Gasteiger partial charge >= 0.3 is 0 Å². The summed E-state index contributed by atoms with van der Waals surface area (Å²) in [5.74, 6) is 0.510. The lowest BCUT2D eigenvalue weighted by atomic mass is 10.1. The quantitative estimate of drug-likeness (QED) is 0.205. The van der Waals surface area contributed by atoms with Gasteiger partial charge in [0.1, 0.15) is 0 Å². The monoisotopic (exact) mass is 496 g/mol. The van der Waals surface area contributed by atoms with Gasteiger partial charge in [0, 0.05) is 36.6 Å². The lowest BCUT2D eigenvalue weighted by molar-refractivity contribution is -0.384. The molecule has 1 aliphatic heterocycles. The first kappa shape index (κ1) is 24.9. The number of benzene rings is 2. The van der Waals surface area contributed by atoms with Gasteiger partial charge in [0.05, 0.1) is 28.5 Å². The molecule has 10 heteroatoms. The van der Waals surface area contributed by atoms with E-state index in [-0.39, 0.29) is 23.3 Å². The molecule has 0 bridgehead atoms. The minimum atomic E-state index is -0.429. The summed E-state index contributed by atoms with van der Waals surface area (Å²) < 4.78 is 7.38. The van der Waals surface area contributed by atoms with Crippen LogP contribution in [0.5, 0.6) is 0 Å². The first-order valence-corrected chi connectivity index (χ1v) is 12.6. The zero-order chi connectivity index (χ0) is 24.9. The summed E-state index contributed by atoms with van der Waals surface area (Å²) >= 11 is 1.33. The van der Waals surface area contributed by atoms with Crippen LogP contribution in [0.15, 0.2) is 52.4 Å². The van der Waals surface area contributed by atoms with E-state index in [0.29, 0.717) is 53.0 Å². The van der Waals surface area contributed by atoms with Crippen LogP contribution < -0.4 is 10.9 Å². The van der Waals surface area contributed by atoms with Gasteiger partial charge in [-0.2, -0.15) is 0 Å². The molecule has 184 valence electrons. The van der Waals surface area contributed by atoms with Crippen LogP contribution in [0, 0.1) is 16.0 Å². The highest BCUT2D eigenvalue weighted by Crippen LogP contribution is 2.26. The topological polar surface area (TPSA) is 116 Å². The lowest BCUT2D eigenvalue weighted by Crippen LogP contribution is -2.29.